The van der Waals surface area contributed by atoms with Crippen LogP contribution in [0.25, 0.3) is 5.69 Å². The van der Waals surface area contributed by atoms with Gasteiger partial charge in [0, 0.05) is 18.3 Å². The molecule has 1 saturated carbocycles. The predicted octanol–water partition coefficient (Wildman–Crippen LogP) is 3.19. The zero-order chi connectivity index (χ0) is 14.3. The van der Waals surface area contributed by atoms with E-state index in [-0.39, 0.29) is 5.82 Å². The molecule has 1 aliphatic rings. The average Bonchev–Trinajstić information content (AvgIpc) is 3.21. The Morgan fingerprint density at radius 1 is 1.30 bits per heavy atom. The third kappa shape index (κ3) is 2.36. The molecular formula is C16H20FN3. The lowest BCUT2D eigenvalue weighted by Crippen LogP contribution is -2.18. The molecule has 3 nitrogen and oxygen atoms in total. The molecule has 0 aliphatic heterocycles. The van der Waals surface area contributed by atoms with Gasteiger partial charge in [-0.25, -0.2) is 9.07 Å². The highest BCUT2D eigenvalue weighted by Crippen LogP contribution is 2.24. The van der Waals surface area contributed by atoms with E-state index in [1.807, 2.05) is 26.8 Å². The number of para-hydroxylation sites is 1. The summed E-state index contributed by atoms with van der Waals surface area (Å²) in [5, 5.41) is 7.94. The van der Waals surface area contributed by atoms with Crippen LogP contribution in [0.5, 0.6) is 0 Å². The van der Waals surface area contributed by atoms with E-state index in [2.05, 4.69) is 10.4 Å². The minimum absolute atomic E-state index is 0.217. The maximum absolute atomic E-state index is 14.3. The number of hydrogen-bond acceptors (Lipinski definition) is 2. The van der Waals surface area contributed by atoms with E-state index in [4.69, 9.17) is 0 Å². The van der Waals surface area contributed by atoms with Crippen molar-refractivity contribution in [3.63, 3.8) is 0 Å². The first-order valence-corrected chi connectivity index (χ1v) is 7.12. The Bertz CT molecular complexity index is 641. The van der Waals surface area contributed by atoms with Gasteiger partial charge in [0.2, 0.25) is 0 Å². The van der Waals surface area contributed by atoms with Crippen molar-refractivity contribution in [3.8, 4) is 5.69 Å². The average molecular weight is 273 g/mol. The Morgan fingerprint density at radius 3 is 2.65 bits per heavy atom. The summed E-state index contributed by atoms with van der Waals surface area (Å²) in [6.07, 6.45) is 2.45. The number of aromatic nitrogens is 2. The molecule has 0 amide bonds. The Kier molecular flexibility index (Phi) is 3.34. The van der Waals surface area contributed by atoms with Crippen molar-refractivity contribution >= 4 is 0 Å². The molecule has 3 rings (SSSR count). The van der Waals surface area contributed by atoms with Crippen molar-refractivity contribution in [2.75, 3.05) is 0 Å². The molecule has 1 fully saturated rings. The van der Waals surface area contributed by atoms with E-state index in [0.717, 1.165) is 22.5 Å². The summed E-state index contributed by atoms with van der Waals surface area (Å²) in [5.74, 6) is -0.217. The van der Waals surface area contributed by atoms with Gasteiger partial charge in [0.15, 0.2) is 0 Å². The van der Waals surface area contributed by atoms with Crippen LogP contribution in [0.2, 0.25) is 0 Å². The molecule has 1 aliphatic carbocycles. The highest BCUT2D eigenvalue weighted by Gasteiger charge is 2.22. The molecule has 106 valence electrons. The molecule has 0 saturated heterocycles. The van der Waals surface area contributed by atoms with Crippen molar-refractivity contribution in [1.29, 1.82) is 0 Å². The standard InChI is InChI=1S/C16H20FN3/c1-10-11(2)19-20(12(10)3)16-13(5-4-6-15(16)17)9-18-14-7-8-14/h4-6,14,18H,7-9H2,1-3H3. The quantitative estimate of drug-likeness (QED) is 0.927. The van der Waals surface area contributed by atoms with E-state index < -0.39 is 0 Å². The largest absolute Gasteiger partial charge is 0.310 e. The number of rotatable bonds is 4. The smallest absolute Gasteiger partial charge is 0.149 e. The molecule has 0 bridgehead atoms. The Balaban J connectivity index is 2.03. The molecule has 0 atom stereocenters. The van der Waals surface area contributed by atoms with Gasteiger partial charge >= 0.3 is 0 Å². The summed E-state index contributed by atoms with van der Waals surface area (Å²) in [6.45, 7) is 6.66. The fourth-order valence-electron chi connectivity index (χ4n) is 2.42. The van der Waals surface area contributed by atoms with E-state index in [9.17, 15) is 4.39 Å². The number of halogens is 1. The van der Waals surface area contributed by atoms with Crippen LogP contribution in [-0.2, 0) is 6.54 Å². The summed E-state index contributed by atoms with van der Waals surface area (Å²) >= 11 is 0. The molecule has 2 aromatic rings. The van der Waals surface area contributed by atoms with Gasteiger partial charge in [-0.1, -0.05) is 12.1 Å². The highest BCUT2D eigenvalue weighted by molar-refractivity contribution is 5.44. The van der Waals surface area contributed by atoms with Crippen LogP contribution in [0, 0.1) is 26.6 Å². The van der Waals surface area contributed by atoms with Gasteiger partial charge in [-0.2, -0.15) is 5.10 Å². The zero-order valence-electron chi connectivity index (χ0n) is 12.2. The second-order valence-corrected chi connectivity index (χ2v) is 5.61. The van der Waals surface area contributed by atoms with Crippen LogP contribution >= 0.6 is 0 Å². The topological polar surface area (TPSA) is 29.9 Å². The Labute approximate surface area is 118 Å². The van der Waals surface area contributed by atoms with Crippen molar-refractivity contribution in [2.24, 2.45) is 0 Å². The van der Waals surface area contributed by atoms with Crippen molar-refractivity contribution in [3.05, 3.63) is 46.5 Å². The molecular weight excluding hydrogens is 253 g/mol. The molecule has 20 heavy (non-hydrogen) atoms. The van der Waals surface area contributed by atoms with Crippen LogP contribution in [0.1, 0.15) is 35.4 Å². The second-order valence-electron chi connectivity index (χ2n) is 5.61. The molecule has 0 unspecified atom stereocenters. The van der Waals surface area contributed by atoms with Gasteiger partial charge in [0.1, 0.15) is 11.5 Å². The SMILES string of the molecule is Cc1nn(-c2c(F)cccc2CNC2CC2)c(C)c1C. The first-order chi connectivity index (χ1) is 9.58. The molecule has 0 radical (unpaired) electrons. The van der Waals surface area contributed by atoms with E-state index in [1.54, 1.807) is 10.7 Å². The highest BCUT2D eigenvalue weighted by atomic mass is 19.1. The molecule has 1 N–H and O–H groups in total. The minimum atomic E-state index is -0.217. The Morgan fingerprint density at radius 2 is 2.05 bits per heavy atom. The minimum Gasteiger partial charge on any atom is -0.310 e. The third-order valence-corrected chi connectivity index (χ3v) is 4.09. The lowest BCUT2D eigenvalue weighted by atomic mass is 10.1. The van der Waals surface area contributed by atoms with Crippen molar-refractivity contribution in [1.82, 2.24) is 15.1 Å². The van der Waals surface area contributed by atoms with Crippen LogP contribution in [0.15, 0.2) is 18.2 Å². The maximum Gasteiger partial charge on any atom is 0.149 e. The number of hydrogen-bond donors (Lipinski definition) is 1. The summed E-state index contributed by atoms with van der Waals surface area (Å²) in [7, 11) is 0. The Hall–Kier alpha value is -1.68. The molecule has 1 heterocycles. The van der Waals surface area contributed by atoms with Gasteiger partial charge in [-0.05, 0) is 50.8 Å². The summed E-state index contributed by atoms with van der Waals surface area (Å²) < 4.78 is 16.0. The number of nitrogens with one attached hydrogen (secondary N) is 1. The number of nitrogens with zero attached hydrogens (tertiary/aromatic N) is 2. The maximum atomic E-state index is 14.3. The molecule has 1 aromatic heterocycles. The van der Waals surface area contributed by atoms with Gasteiger partial charge < -0.3 is 5.32 Å². The first-order valence-electron chi connectivity index (χ1n) is 7.12. The van der Waals surface area contributed by atoms with Crippen LogP contribution < -0.4 is 5.32 Å². The second kappa shape index (κ2) is 5.02. The van der Waals surface area contributed by atoms with Crippen LogP contribution in [-0.4, -0.2) is 15.8 Å². The first kappa shape index (κ1) is 13.3. The third-order valence-electron chi connectivity index (χ3n) is 4.09. The number of benzene rings is 1. The fourth-order valence-corrected chi connectivity index (χ4v) is 2.42. The van der Waals surface area contributed by atoms with E-state index in [1.165, 1.54) is 18.9 Å². The summed E-state index contributed by atoms with van der Waals surface area (Å²) in [5.41, 5.74) is 4.61. The molecule has 0 spiro atoms. The van der Waals surface area contributed by atoms with Crippen molar-refractivity contribution < 1.29 is 4.39 Å². The lowest BCUT2D eigenvalue weighted by Gasteiger charge is -2.13. The lowest BCUT2D eigenvalue weighted by molar-refractivity contribution is 0.597. The van der Waals surface area contributed by atoms with E-state index in [0.29, 0.717) is 18.3 Å². The van der Waals surface area contributed by atoms with Crippen LogP contribution in [0.4, 0.5) is 4.39 Å². The summed E-state index contributed by atoms with van der Waals surface area (Å²) in [6, 6.07) is 5.84. The molecule has 1 aromatic carbocycles. The normalized spacial score (nSPS) is 14.8. The predicted molar refractivity (Wildman–Crippen MR) is 77.6 cm³/mol. The van der Waals surface area contributed by atoms with E-state index >= 15 is 0 Å². The summed E-state index contributed by atoms with van der Waals surface area (Å²) in [4.78, 5) is 0. The van der Waals surface area contributed by atoms with Gasteiger partial charge in [0.25, 0.3) is 0 Å². The van der Waals surface area contributed by atoms with Gasteiger partial charge in [-0.3, -0.25) is 0 Å². The fraction of sp³-hybridized carbons (Fsp3) is 0.438. The number of aryl methyl sites for hydroxylation is 1. The van der Waals surface area contributed by atoms with Crippen molar-refractivity contribution in [2.45, 2.75) is 46.2 Å². The zero-order valence-corrected chi connectivity index (χ0v) is 12.2. The van der Waals surface area contributed by atoms with Crippen LogP contribution in [0.3, 0.4) is 0 Å². The molecule has 4 heteroatoms. The van der Waals surface area contributed by atoms with Gasteiger partial charge in [-0.15, -0.1) is 0 Å². The monoisotopic (exact) mass is 273 g/mol. The van der Waals surface area contributed by atoms with Gasteiger partial charge in [0.05, 0.1) is 5.69 Å².